The van der Waals surface area contributed by atoms with Gasteiger partial charge in [-0.1, -0.05) is 12.1 Å². The molecule has 0 aliphatic rings. The van der Waals surface area contributed by atoms with Gasteiger partial charge < -0.3 is 24.4 Å². The molecule has 5 nitrogen and oxygen atoms in total. The summed E-state index contributed by atoms with van der Waals surface area (Å²) in [6.07, 6.45) is -0.812. The van der Waals surface area contributed by atoms with Crippen molar-refractivity contribution >= 4 is 0 Å². The van der Waals surface area contributed by atoms with Crippen LogP contribution < -0.4 is 14.2 Å². The SMILES string of the molecule is COc1ccc(C(O)c2ccc(OCCO)cc2)c(OC)c1. The van der Waals surface area contributed by atoms with E-state index in [4.69, 9.17) is 19.3 Å². The molecule has 2 aromatic carbocycles. The standard InChI is InChI=1S/C17H20O5/c1-20-14-7-8-15(16(11-14)21-2)17(19)12-3-5-13(6-4-12)22-10-9-18/h3-8,11,17-19H,9-10H2,1-2H3. The van der Waals surface area contributed by atoms with Crippen LogP contribution in [0, 0.1) is 0 Å². The zero-order valence-corrected chi connectivity index (χ0v) is 12.7. The van der Waals surface area contributed by atoms with Crippen molar-refractivity contribution in [3.63, 3.8) is 0 Å². The fourth-order valence-corrected chi connectivity index (χ4v) is 2.13. The van der Waals surface area contributed by atoms with Crippen molar-refractivity contribution in [1.29, 1.82) is 0 Å². The summed E-state index contributed by atoms with van der Waals surface area (Å²) in [5, 5.41) is 19.3. The topological polar surface area (TPSA) is 68.2 Å². The third-order valence-corrected chi connectivity index (χ3v) is 3.29. The Hall–Kier alpha value is -2.24. The van der Waals surface area contributed by atoms with Gasteiger partial charge in [-0.25, -0.2) is 0 Å². The Balaban J connectivity index is 2.22. The van der Waals surface area contributed by atoms with Crippen LogP contribution in [-0.4, -0.2) is 37.6 Å². The van der Waals surface area contributed by atoms with E-state index in [1.165, 1.54) is 0 Å². The van der Waals surface area contributed by atoms with Crippen LogP contribution in [0.25, 0.3) is 0 Å². The smallest absolute Gasteiger partial charge is 0.128 e. The average molecular weight is 304 g/mol. The van der Waals surface area contributed by atoms with Crippen LogP contribution in [0.1, 0.15) is 17.2 Å². The molecular weight excluding hydrogens is 284 g/mol. The Morgan fingerprint density at radius 3 is 2.23 bits per heavy atom. The minimum atomic E-state index is -0.812. The molecule has 5 heteroatoms. The molecule has 0 heterocycles. The van der Waals surface area contributed by atoms with Gasteiger partial charge in [0.15, 0.2) is 0 Å². The van der Waals surface area contributed by atoms with E-state index in [1.54, 1.807) is 56.7 Å². The second-order valence-corrected chi connectivity index (χ2v) is 4.65. The molecule has 0 spiro atoms. The summed E-state index contributed by atoms with van der Waals surface area (Å²) in [4.78, 5) is 0. The van der Waals surface area contributed by atoms with E-state index < -0.39 is 6.10 Å². The highest BCUT2D eigenvalue weighted by molar-refractivity contribution is 5.45. The van der Waals surface area contributed by atoms with Gasteiger partial charge in [0.05, 0.1) is 20.8 Å². The number of rotatable bonds is 7. The molecule has 0 radical (unpaired) electrons. The molecule has 2 aromatic rings. The zero-order valence-electron chi connectivity index (χ0n) is 12.7. The molecule has 0 fully saturated rings. The molecule has 0 bridgehead atoms. The number of hydrogen-bond donors (Lipinski definition) is 2. The molecule has 0 saturated carbocycles. The van der Waals surface area contributed by atoms with Gasteiger partial charge in [-0.2, -0.15) is 0 Å². The first-order valence-electron chi connectivity index (χ1n) is 6.93. The van der Waals surface area contributed by atoms with Crippen molar-refractivity contribution < 1.29 is 24.4 Å². The second-order valence-electron chi connectivity index (χ2n) is 4.65. The molecule has 118 valence electrons. The molecule has 2 rings (SSSR count). The van der Waals surface area contributed by atoms with Gasteiger partial charge >= 0.3 is 0 Å². The Morgan fingerprint density at radius 2 is 1.64 bits per heavy atom. The highest BCUT2D eigenvalue weighted by atomic mass is 16.5. The normalized spacial score (nSPS) is 11.8. The summed E-state index contributed by atoms with van der Waals surface area (Å²) in [6, 6.07) is 12.4. The summed E-state index contributed by atoms with van der Waals surface area (Å²) < 4.78 is 15.8. The second kappa shape index (κ2) is 7.68. The van der Waals surface area contributed by atoms with E-state index in [0.717, 1.165) is 5.56 Å². The van der Waals surface area contributed by atoms with Crippen molar-refractivity contribution in [2.45, 2.75) is 6.10 Å². The molecule has 0 amide bonds. The Bertz CT molecular complexity index is 594. The lowest BCUT2D eigenvalue weighted by molar-refractivity contribution is 0.200. The number of aliphatic hydroxyl groups excluding tert-OH is 2. The molecule has 2 N–H and O–H groups in total. The summed E-state index contributed by atoms with van der Waals surface area (Å²) >= 11 is 0. The number of methoxy groups -OCH3 is 2. The van der Waals surface area contributed by atoms with Crippen LogP contribution in [-0.2, 0) is 0 Å². The van der Waals surface area contributed by atoms with Gasteiger partial charge in [0, 0.05) is 11.6 Å². The van der Waals surface area contributed by atoms with Gasteiger partial charge in [0.1, 0.15) is 30.0 Å². The first-order valence-corrected chi connectivity index (χ1v) is 6.93. The predicted molar refractivity (Wildman–Crippen MR) is 82.6 cm³/mol. The first kappa shape index (κ1) is 16.1. The zero-order chi connectivity index (χ0) is 15.9. The molecule has 22 heavy (non-hydrogen) atoms. The lowest BCUT2D eigenvalue weighted by Gasteiger charge is -2.16. The van der Waals surface area contributed by atoms with E-state index in [1.807, 2.05) is 0 Å². The van der Waals surface area contributed by atoms with E-state index in [9.17, 15) is 5.11 Å². The number of ether oxygens (including phenoxy) is 3. The van der Waals surface area contributed by atoms with Gasteiger partial charge in [0.2, 0.25) is 0 Å². The maximum atomic E-state index is 10.5. The minimum Gasteiger partial charge on any atom is -0.497 e. The largest absolute Gasteiger partial charge is 0.497 e. The quantitative estimate of drug-likeness (QED) is 0.820. The number of hydrogen-bond acceptors (Lipinski definition) is 5. The summed E-state index contributed by atoms with van der Waals surface area (Å²) in [5.41, 5.74) is 1.38. The Labute approximate surface area is 129 Å². The van der Waals surface area contributed by atoms with Gasteiger partial charge in [-0.05, 0) is 29.8 Å². The molecular formula is C17H20O5. The van der Waals surface area contributed by atoms with Crippen LogP contribution in [0.15, 0.2) is 42.5 Å². The van der Waals surface area contributed by atoms with E-state index in [0.29, 0.717) is 22.8 Å². The van der Waals surface area contributed by atoms with Crippen molar-refractivity contribution in [3.8, 4) is 17.2 Å². The van der Waals surface area contributed by atoms with Gasteiger partial charge in [-0.3, -0.25) is 0 Å². The lowest BCUT2D eigenvalue weighted by Crippen LogP contribution is -2.04. The number of benzene rings is 2. The van der Waals surface area contributed by atoms with Crippen molar-refractivity contribution in [1.82, 2.24) is 0 Å². The van der Waals surface area contributed by atoms with Crippen molar-refractivity contribution in [2.24, 2.45) is 0 Å². The Kier molecular flexibility index (Phi) is 5.63. The highest BCUT2D eigenvalue weighted by Crippen LogP contribution is 2.33. The minimum absolute atomic E-state index is 0.0343. The monoisotopic (exact) mass is 304 g/mol. The average Bonchev–Trinajstić information content (AvgIpc) is 2.59. The van der Waals surface area contributed by atoms with E-state index >= 15 is 0 Å². The Morgan fingerprint density at radius 1 is 0.955 bits per heavy atom. The lowest BCUT2D eigenvalue weighted by atomic mass is 10.0. The van der Waals surface area contributed by atoms with Crippen molar-refractivity contribution in [2.75, 3.05) is 27.4 Å². The summed E-state index contributed by atoms with van der Waals surface area (Å²) in [5.74, 6) is 1.87. The maximum Gasteiger partial charge on any atom is 0.128 e. The van der Waals surface area contributed by atoms with Crippen LogP contribution >= 0.6 is 0 Å². The van der Waals surface area contributed by atoms with E-state index in [-0.39, 0.29) is 13.2 Å². The number of aliphatic hydroxyl groups is 2. The fourth-order valence-electron chi connectivity index (χ4n) is 2.13. The van der Waals surface area contributed by atoms with Crippen LogP contribution in [0.4, 0.5) is 0 Å². The molecule has 1 unspecified atom stereocenters. The van der Waals surface area contributed by atoms with Crippen molar-refractivity contribution in [3.05, 3.63) is 53.6 Å². The third-order valence-electron chi connectivity index (χ3n) is 3.29. The molecule has 0 aromatic heterocycles. The molecule has 0 aliphatic heterocycles. The van der Waals surface area contributed by atoms with Crippen LogP contribution in [0.2, 0.25) is 0 Å². The van der Waals surface area contributed by atoms with Gasteiger partial charge in [0.25, 0.3) is 0 Å². The summed E-state index contributed by atoms with van der Waals surface area (Å²) in [7, 11) is 3.13. The maximum absolute atomic E-state index is 10.5. The molecule has 0 aliphatic carbocycles. The van der Waals surface area contributed by atoms with Gasteiger partial charge in [-0.15, -0.1) is 0 Å². The van der Waals surface area contributed by atoms with E-state index in [2.05, 4.69) is 0 Å². The summed E-state index contributed by atoms with van der Waals surface area (Å²) in [6.45, 7) is 0.210. The first-order chi connectivity index (χ1) is 10.7. The molecule has 0 saturated heterocycles. The molecule has 1 atom stereocenters. The predicted octanol–water partition coefficient (Wildman–Crippen LogP) is 2.16. The fraction of sp³-hybridized carbons (Fsp3) is 0.294. The van der Waals surface area contributed by atoms with Crippen LogP contribution in [0.3, 0.4) is 0 Å². The third kappa shape index (κ3) is 3.69. The highest BCUT2D eigenvalue weighted by Gasteiger charge is 2.16. The van der Waals surface area contributed by atoms with Crippen LogP contribution in [0.5, 0.6) is 17.2 Å².